The molecule has 6 heteroatoms. The molecule has 1 aromatic carbocycles. The van der Waals surface area contributed by atoms with Crippen molar-refractivity contribution in [2.24, 2.45) is 0 Å². The maximum Gasteiger partial charge on any atom is 0.319 e. The molecule has 0 unspecified atom stereocenters. The van der Waals surface area contributed by atoms with Gasteiger partial charge in [-0.25, -0.2) is 9.78 Å². The summed E-state index contributed by atoms with van der Waals surface area (Å²) in [6, 6.07) is 7.11. The van der Waals surface area contributed by atoms with E-state index < -0.39 is 0 Å². The Morgan fingerprint density at radius 2 is 2.10 bits per heavy atom. The van der Waals surface area contributed by atoms with Gasteiger partial charge in [-0.05, 0) is 32.9 Å². The fourth-order valence-electron chi connectivity index (χ4n) is 1.92. The third-order valence-electron chi connectivity index (χ3n) is 2.84. The quantitative estimate of drug-likeness (QED) is 0.889. The molecule has 0 radical (unpaired) electrons. The predicted octanol–water partition coefficient (Wildman–Crippen LogP) is 3.48. The predicted molar refractivity (Wildman–Crippen MR) is 85.1 cm³/mol. The van der Waals surface area contributed by atoms with Crippen molar-refractivity contribution in [3.8, 4) is 5.75 Å². The molecule has 1 aromatic heterocycles. The molecule has 0 saturated heterocycles. The fraction of sp³-hybridized carbons (Fsp3) is 0.333. The summed E-state index contributed by atoms with van der Waals surface area (Å²) in [4.78, 5) is 17.4. The van der Waals surface area contributed by atoms with E-state index >= 15 is 0 Å². The Hall–Kier alpha value is -2.08. The molecule has 0 atom stereocenters. The second-order valence-corrected chi connectivity index (χ2v) is 5.77. The second kappa shape index (κ2) is 7.08. The Morgan fingerprint density at radius 3 is 2.76 bits per heavy atom. The first-order chi connectivity index (χ1) is 10.1. The van der Waals surface area contributed by atoms with E-state index in [2.05, 4.69) is 15.6 Å². The number of hydrogen-bond acceptors (Lipinski definition) is 4. The van der Waals surface area contributed by atoms with Crippen LogP contribution in [-0.4, -0.2) is 17.6 Å². The highest BCUT2D eigenvalue weighted by molar-refractivity contribution is 7.11. The average Bonchev–Trinajstić information content (AvgIpc) is 2.77. The van der Waals surface area contributed by atoms with E-state index in [0.29, 0.717) is 24.6 Å². The number of nitrogens with zero attached hydrogens (tertiary/aromatic N) is 1. The van der Waals surface area contributed by atoms with E-state index in [1.807, 2.05) is 45.0 Å². The Balaban J connectivity index is 1.94. The van der Waals surface area contributed by atoms with Crippen molar-refractivity contribution in [1.29, 1.82) is 0 Å². The van der Waals surface area contributed by atoms with E-state index in [4.69, 9.17) is 4.74 Å². The third kappa shape index (κ3) is 4.19. The van der Waals surface area contributed by atoms with E-state index in [-0.39, 0.29) is 6.03 Å². The summed E-state index contributed by atoms with van der Waals surface area (Å²) in [6.07, 6.45) is 0. The lowest BCUT2D eigenvalue weighted by atomic mass is 10.3. The number of benzene rings is 1. The lowest BCUT2D eigenvalue weighted by Gasteiger charge is -2.11. The molecule has 1 heterocycles. The minimum absolute atomic E-state index is 0.257. The molecular formula is C15H19N3O2S. The molecule has 0 spiro atoms. The largest absolute Gasteiger partial charge is 0.492 e. The summed E-state index contributed by atoms with van der Waals surface area (Å²) in [5.41, 5.74) is 1.63. The highest BCUT2D eigenvalue weighted by atomic mass is 32.1. The summed E-state index contributed by atoms with van der Waals surface area (Å²) in [5, 5.41) is 6.64. The SMILES string of the molecule is CCOc1ccccc1NC(=O)NCc1sc(C)nc1C. The van der Waals surface area contributed by atoms with Crippen molar-refractivity contribution in [1.82, 2.24) is 10.3 Å². The molecule has 2 amide bonds. The molecule has 0 fully saturated rings. The summed E-state index contributed by atoms with van der Waals surface area (Å²) in [7, 11) is 0. The first-order valence-corrected chi connectivity index (χ1v) is 7.61. The third-order valence-corrected chi connectivity index (χ3v) is 3.92. The number of rotatable bonds is 5. The van der Waals surface area contributed by atoms with Crippen molar-refractivity contribution in [2.45, 2.75) is 27.3 Å². The number of para-hydroxylation sites is 2. The van der Waals surface area contributed by atoms with Crippen molar-refractivity contribution in [3.63, 3.8) is 0 Å². The number of hydrogen-bond donors (Lipinski definition) is 2. The van der Waals surface area contributed by atoms with E-state index in [9.17, 15) is 4.79 Å². The fourth-order valence-corrected chi connectivity index (χ4v) is 2.79. The van der Waals surface area contributed by atoms with Crippen LogP contribution in [0.1, 0.15) is 22.5 Å². The molecule has 0 aliphatic rings. The zero-order valence-electron chi connectivity index (χ0n) is 12.4. The Morgan fingerprint density at radius 1 is 1.33 bits per heavy atom. The maximum atomic E-state index is 12.0. The Labute approximate surface area is 128 Å². The van der Waals surface area contributed by atoms with Gasteiger partial charge in [0.15, 0.2) is 0 Å². The van der Waals surface area contributed by atoms with Gasteiger partial charge in [-0.15, -0.1) is 11.3 Å². The number of urea groups is 1. The number of carbonyl (C=O) groups excluding carboxylic acids is 1. The number of amides is 2. The Bertz CT molecular complexity index is 625. The van der Waals surface area contributed by atoms with Gasteiger partial charge in [-0.3, -0.25) is 0 Å². The smallest absolute Gasteiger partial charge is 0.319 e. The molecule has 5 nitrogen and oxygen atoms in total. The molecule has 0 bridgehead atoms. The van der Waals surface area contributed by atoms with Crippen LogP contribution in [0.5, 0.6) is 5.75 Å². The maximum absolute atomic E-state index is 12.0. The van der Waals surface area contributed by atoms with Crippen LogP contribution in [0.25, 0.3) is 0 Å². The van der Waals surface area contributed by atoms with Crippen molar-refractivity contribution in [3.05, 3.63) is 39.8 Å². The minimum atomic E-state index is -0.257. The van der Waals surface area contributed by atoms with Crippen LogP contribution < -0.4 is 15.4 Å². The lowest BCUT2D eigenvalue weighted by Crippen LogP contribution is -2.28. The van der Waals surface area contributed by atoms with Crippen LogP contribution in [0.15, 0.2) is 24.3 Å². The minimum Gasteiger partial charge on any atom is -0.492 e. The molecule has 2 aromatic rings. The zero-order chi connectivity index (χ0) is 15.2. The van der Waals surface area contributed by atoms with Gasteiger partial charge >= 0.3 is 6.03 Å². The summed E-state index contributed by atoms with van der Waals surface area (Å²) in [5.74, 6) is 0.667. The zero-order valence-corrected chi connectivity index (χ0v) is 13.2. The number of aromatic nitrogens is 1. The first-order valence-electron chi connectivity index (χ1n) is 6.79. The van der Waals surface area contributed by atoms with Crippen molar-refractivity contribution >= 4 is 23.1 Å². The molecule has 0 aliphatic heterocycles. The standard InChI is InChI=1S/C15H19N3O2S/c1-4-20-13-8-6-5-7-12(13)18-15(19)16-9-14-10(2)17-11(3)21-14/h5-8H,4,9H2,1-3H3,(H2,16,18,19). The normalized spacial score (nSPS) is 10.2. The summed E-state index contributed by atoms with van der Waals surface area (Å²) >= 11 is 1.60. The number of thiazole rings is 1. The molecular weight excluding hydrogens is 286 g/mol. The number of aryl methyl sites for hydroxylation is 2. The summed E-state index contributed by atoms with van der Waals surface area (Å²) in [6.45, 7) is 6.84. The highest BCUT2D eigenvalue weighted by Gasteiger charge is 2.09. The van der Waals surface area contributed by atoms with E-state index in [1.165, 1.54) is 0 Å². The highest BCUT2D eigenvalue weighted by Crippen LogP contribution is 2.23. The number of anilines is 1. The molecule has 21 heavy (non-hydrogen) atoms. The van der Waals surface area contributed by atoms with E-state index in [0.717, 1.165) is 15.6 Å². The number of ether oxygens (including phenoxy) is 1. The van der Waals surface area contributed by atoms with Gasteiger partial charge in [0.1, 0.15) is 5.75 Å². The van der Waals surface area contributed by atoms with Crippen LogP contribution in [-0.2, 0) is 6.54 Å². The Kier molecular flexibility index (Phi) is 5.16. The van der Waals surface area contributed by atoms with Gasteiger partial charge in [0.25, 0.3) is 0 Å². The molecule has 0 aliphatic carbocycles. The van der Waals surface area contributed by atoms with Crippen molar-refractivity contribution < 1.29 is 9.53 Å². The van der Waals surface area contributed by atoms with Crippen LogP contribution in [0.3, 0.4) is 0 Å². The van der Waals surface area contributed by atoms with Gasteiger partial charge in [-0.2, -0.15) is 0 Å². The molecule has 2 N–H and O–H groups in total. The van der Waals surface area contributed by atoms with Gasteiger partial charge in [0.2, 0.25) is 0 Å². The molecule has 2 rings (SSSR count). The second-order valence-electron chi connectivity index (χ2n) is 4.48. The summed E-state index contributed by atoms with van der Waals surface area (Å²) < 4.78 is 5.47. The molecule has 0 saturated carbocycles. The van der Waals surface area contributed by atoms with Crippen LogP contribution in [0, 0.1) is 13.8 Å². The van der Waals surface area contributed by atoms with Crippen LogP contribution >= 0.6 is 11.3 Å². The van der Waals surface area contributed by atoms with Crippen LogP contribution in [0.4, 0.5) is 10.5 Å². The lowest BCUT2D eigenvalue weighted by molar-refractivity contribution is 0.251. The molecule has 112 valence electrons. The topological polar surface area (TPSA) is 63.2 Å². The van der Waals surface area contributed by atoms with Gasteiger partial charge < -0.3 is 15.4 Å². The van der Waals surface area contributed by atoms with Crippen LogP contribution in [0.2, 0.25) is 0 Å². The average molecular weight is 305 g/mol. The first kappa shape index (κ1) is 15.3. The van der Waals surface area contributed by atoms with Crippen molar-refractivity contribution in [2.75, 3.05) is 11.9 Å². The van der Waals surface area contributed by atoms with E-state index in [1.54, 1.807) is 11.3 Å². The van der Waals surface area contributed by atoms with Gasteiger partial charge in [0.05, 0.1) is 29.5 Å². The van der Waals surface area contributed by atoms with Gasteiger partial charge in [0, 0.05) is 4.88 Å². The number of nitrogens with one attached hydrogen (secondary N) is 2. The number of carbonyl (C=O) groups is 1. The monoisotopic (exact) mass is 305 g/mol. The van der Waals surface area contributed by atoms with Gasteiger partial charge in [-0.1, -0.05) is 12.1 Å².